The lowest BCUT2D eigenvalue weighted by Gasteiger charge is -1.99. The second-order valence-electron chi connectivity index (χ2n) is 3.64. The van der Waals surface area contributed by atoms with Gasteiger partial charge in [-0.05, 0) is 24.3 Å². The molecule has 0 bridgehead atoms. The third-order valence-corrected chi connectivity index (χ3v) is 2.29. The highest BCUT2D eigenvalue weighted by atomic mass is 16.5. The summed E-state index contributed by atoms with van der Waals surface area (Å²) in [5.41, 5.74) is 0.803. The molecule has 1 amide bonds. The van der Waals surface area contributed by atoms with Crippen molar-refractivity contribution >= 4 is 5.91 Å². The molecule has 1 aromatic carbocycles. The molecule has 2 aromatic rings. The van der Waals surface area contributed by atoms with Gasteiger partial charge in [0.25, 0.3) is 0 Å². The molecule has 0 saturated heterocycles. The van der Waals surface area contributed by atoms with Crippen LogP contribution in [0.1, 0.15) is 12.8 Å². The Hall–Kier alpha value is -2.37. The van der Waals surface area contributed by atoms with Crippen LogP contribution >= 0.6 is 0 Å². The van der Waals surface area contributed by atoms with Crippen LogP contribution in [0, 0.1) is 0 Å². The number of benzene rings is 1. The summed E-state index contributed by atoms with van der Waals surface area (Å²) in [6, 6.07) is 7.28. The third kappa shape index (κ3) is 2.85. The quantitative estimate of drug-likeness (QED) is 0.883. The molecule has 0 fully saturated rings. The van der Waals surface area contributed by atoms with Gasteiger partial charge in [0.2, 0.25) is 17.7 Å². The number of methoxy groups -OCH3 is 1. The van der Waals surface area contributed by atoms with Gasteiger partial charge in [-0.2, -0.15) is 0 Å². The number of carbonyl (C=O) groups is 1. The SMILES string of the molecule is COc1ccc(-c2nnc(CNC(C)=O)o2)cc1. The first-order valence-corrected chi connectivity index (χ1v) is 5.40. The molecule has 0 atom stereocenters. The van der Waals surface area contributed by atoms with E-state index in [9.17, 15) is 4.79 Å². The molecule has 6 heteroatoms. The summed E-state index contributed by atoms with van der Waals surface area (Å²) in [6.45, 7) is 1.67. The molecule has 1 heterocycles. The number of amides is 1. The third-order valence-electron chi connectivity index (χ3n) is 2.29. The largest absolute Gasteiger partial charge is 0.497 e. The van der Waals surface area contributed by atoms with E-state index in [0.29, 0.717) is 11.8 Å². The van der Waals surface area contributed by atoms with Gasteiger partial charge in [-0.1, -0.05) is 0 Å². The van der Waals surface area contributed by atoms with E-state index in [1.807, 2.05) is 24.3 Å². The van der Waals surface area contributed by atoms with E-state index in [0.717, 1.165) is 11.3 Å². The van der Waals surface area contributed by atoms with Crippen molar-refractivity contribution in [2.24, 2.45) is 0 Å². The molecule has 0 aliphatic heterocycles. The minimum atomic E-state index is -0.140. The Morgan fingerprint density at radius 3 is 2.67 bits per heavy atom. The molecule has 2 rings (SSSR count). The Kier molecular flexibility index (Phi) is 3.57. The van der Waals surface area contributed by atoms with Gasteiger partial charge in [0.15, 0.2) is 0 Å². The molecule has 6 nitrogen and oxygen atoms in total. The van der Waals surface area contributed by atoms with E-state index in [1.165, 1.54) is 6.92 Å². The van der Waals surface area contributed by atoms with Crippen LogP contribution in [-0.2, 0) is 11.3 Å². The van der Waals surface area contributed by atoms with Gasteiger partial charge in [-0.3, -0.25) is 4.79 Å². The highest BCUT2D eigenvalue weighted by molar-refractivity contribution is 5.72. The van der Waals surface area contributed by atoms with Gasteiger partial charge >= 0.3 is 0 Å². The van der Waals surface area contributed by atoms with E-state index >= 15 is 0 Å². The molecule has 1 N–H and O–H groups in total. The van der Waals surface area contributed by atoms with Crippen LogP contribution in [0.2, 0.25) is 0 Å². The van der Waals surface area contributed by atoms with Crippen LogP contribution in [0.3, 0.4) is 0 Å². The molecule has 94 valence electrons. The van der Waals surface area contributed by atoms with E-state index in [1.54, 1.807) is 7.11 Å². The minimum Gasteiger partial charge on any atom is -0.497 e. The summed E-state index contributed by atoms with van der Waals surface area (Å²) in [5.74, 6) is 1.41. The van der Waals surface area contributed by atoms with Crippen molar-refractivity contribution in [3.8, 4) is 17.2 Å². The van der Waals surface area contributed by atoms with Gasteiger partial charge in [-0.25, -0.2) is 0 Å². The normalized spacial score (nSPS) is 10.1. The lowest BCUT2D eigenvalue weighted by molar-refractivity contribution is -0.119. The topological polar surface area (TPSA) is 77.3 Å². The van der Waals surface area contributed by atoms with Crippen LogP contribution in [0.4, 0.5) is 0 Å². The molecule has 0 aliphatic rings. The molecule has 0 aliphatic carbocycles. The van der Waals surface area contributed by atoms with Crippen molar-refractivity contribution in [1.29, 1.82) is 0 Å². The molecule has 18 heavy (non-hydrogen) atoms. The van der Waals surface area contributed by atoms with Crippen molar-refractivity contribution in [2.45, 2.75) is 13.5 Å². The fourth-order valence-corrected chi connectivity index (χ4v) is 1.38. The first-order valence-electron chi connectivity index (χ1n) is 5.40. The summed E-state index contributed by atoms with van der Waals surface area (Å²) in [4.78, 5) is 10.7. The fraction of sp³-hybridized carbons (Fsp3) is 0.250. The highest BCUT2D eigenvalue weighted by Crippen LogP contribution is 2.20. The number of carbonyl (C=O) groups excluding carboxylic acids is 1. The zero-order chi connectivity index (χ0) is 13.0. The first-order chi connectivity index (χ1) is 8.69. The Bertz CT molecular complexity index is 534. The summed E-state index contributed by atoms with van der Waals surface area (Å²) >= 11 is 0. The summed E-state index contributed by atoms with van der Waals surface area (Å²) in [5, 5.41) is 10.3. The van der Waals surface area contributed by atoms with Crippen molar-refractivity contribution < 1.29 is 13.9 Å². The second kappa shape index (κ2) is 5.31. The van der Waals surface area contributed by atoms with E-state index in [-0.39, 0.29) is 12.5 Å². The number of aromatic nitrogens is 2. The monoisotopic (exact) mass is 247 g/mol. The second-order valence-corrected chi connectivity index (χ2v) is 3.64. The zero-order valence-electron chi connectivity index (χ0n) is 10.1. The lowest BCUT2D eigenvalue weighted by Crippen LogP contribution is -2.18. The maximum absolute atomic E-state index is 10.7. The molecule has 0 unspecified atom stereocenters. The molecule has 0 saturated carbocycles. The lowest BCUT2D eigenvalue weighted by atomic mass is 10.2. The fourth-order valence-electron chi connectivity index (χ4n) is 1.38. The molecular formula is C12H13N3O3. The van der Waals surface area contributed by atoms with E-state index < -0.39 is 0 Å². The molecule has 0 radical (unpaired) electrons. The van der Waals surface area contributed by atoms with Crippen molar-refractivity contribution in [3.05, 3.63) is 30.2 Å². The molecular weight excluding hydrogens is 234 g/mol. The summed E-state index contributed by atoms with van der Waals surface area (Å²) < 4.78 is 10.5. The van der Waals surface area contributed by atoms with Crippen LogP contribution < -0.4 is 10.1 Å². The maximum atomic E-state index is 10.7. The number of ether oxygens (including phenoxy) is 1. The maximum Gasteiger partial charge on any atom is 0.247 e. The van der Waals surface area contributed by atoms with Crippen LogP contribution in [0.25, 0.3) is 11.5 Å². The van der Waals surface area contributed by atoms with Gasteiger partial charge in [0.05, 0.1) is 13.7 Å². The molecule has 0 spiro atoms. The first kappa shape index (κ1) is 12.1. The summed E-state index contributed by atoms with van der Waals surface area (Å²) in [6.07, 6.45) is 0. The van der Waals surface area contributed by atoms with Crippen LogP contribution in [0.5, 0.6) is 5.75 Å². The predicted molar refractivity (Wildman–Crippen MR) is 63.8 cm³/mol. The number of hydrogen-bond acceptors (Lipinski definition) is 5. The predicted octanol–water partition coefficient (Wildman–Crippen LogP) is 1.38. The van der Waals surface area contributed by atoms with Gasteiger partial charge in [0, 0.05) is 12.5 Å². The van der Waals surface area contributed by atoms with E-state index in [4.69, 9.17) is 9.15 Å². The highest BCUT2D eigenvalue weighted by Gasteiger charge is 2.08. The molecule has 1 aromatic heterocycles. The summed E-state index contributed by atoms with van der Waals surface area (Å²) in [7, 11) is 1.60. The number of hydrogen-bond donors (Lipinski definition) is 1. The average Bonchev–Trinajstić information content (AvgIpc) is 2.85. The van der Waals surface area contributed by atoms with Gasteiger partial charge < -0.3 is 14.5 Å². The van der Waals surface area contributed by atoms with Crippen LogP contribution in [-0.4, -0.2) is 23.2 Å². The zero-order valence-corrected chi connectivity index (χ0v) is 10.1. The Labute approximate surface area is 104 Å². The standard InChI is InChI=1S/C12H13N3O3/c1-8(16)13-7-11-14-15-12(18-11)9-3-5-10(17-2)6-4-9/h3-6H,7H2,1-2H3,(H,13,16). The smallest absolute Gasteiger partial charge is 0.247 e. The van der Waals surface area contributed by atoms with Gasteiger partial charge in [-0.15, -0.1) is 10.2 Å². The van der Waals surface area contributed by atoms with Crippen molar-refractivity contribution in [2.75, 3.05) is 7.11 Å². The average molecular weight is 247 g/mol. The number of nitrogens with one attached hydrogen (secondary N) is 1. The minimum absolute atomic E-state index is 0.140. The van der Waals surface area contributed by atoms with E-state index in [2.05, 4.69) is 15.5 Å². The Balaban J connectivity index is 2.10. The van der Waals surface area contributed by atoms with Gasteiger partial charge in [0.1, 0.15) is 5.75 Å². The van der Waals surface area contributed by atoms with Crippen molar-refractivity contribution in [1.82, 2.24) is 15.5 Å². The van der Waals surface area contributed by atoms with Crippen LogP contribution in [0.15, 0.2) is 28.7 Å². The number of rotatable bonds is 4. The Morgan fingerprint density at radius 1 is 1.33 bits per heavy atom. The van der Waals surface area contributed by atoms with Crippen molar-refractivity contribution in [3.63, 3.8) is 0 Å². The Morgan fingerprint density at radius 2 is 2.06 bits per heavy atom. The number of nitrogens with zero attached hydrogens (tertiary/aromatic N) is 2.